The van der Waals surface area contributed by atoms with E-state index in [0.717, 1.165) is 31.1 Å². The van der Waals surface area contributed by atoms with E-state index >= 15 is 0 Å². The van der Waals surface area contributed by atoms with Crippen LogP contribution >= 0.6 is 11.6 Å². The molecule has 1 aliphatic heterocycles. The molecular formula is C20H25ClN4O4. The Kier molecular flexibility index (Phi) is 5.80. The third-order valence-corrected chi connectivity index (χ3v) is 5.80. The molecule has 1 unspecified atom stereocenters. The number of hydrogen-bond donors (Lipinski definition) is 1. The van der Waals surface area contributed by atoms with Crippen LogP contribution in [0.2, 0.25) is 5.02 Å². The van der Waals surface area contributed by atoms with Crippen molar-refractivity contribution in [3.63, 3.8) is 0 Å². The molecule has 0 bridgehead atoms. The maximum Gasteiger partial charge on any atom is 0.409 e. The van der Waals surface area contributed by atoms with E-state index in [9.17, 15) is 9.59 Å². The highest BCUT2D eigenvalue weighted by Crippen LogP contribution is 2.30. The monoisotopic (exact) mass is 420 g/mol. The summed E-state index contributed by atoms with van der Waals surface area (Å²) in [5.74, 6) is 0.834. The molecule has 9 heteroatoms. The van der Waals surface area contributed by atoms with Gasteiger partial charge in [-0.15, -0.1) is 0 Å². The summed E-state index contributed by atoms with van der Waals surface area (Å²) < 4.78 is 10.2. The lowest BCUT2D eigenvalue weighted by Gasteiger charge is -2.35. The van der Waals surface area contributed by atoms with Crippen LogP contribution in [0.25, 0.3) is 10.9 Å². The third kappa shape index (κ3) is 4.58. The molecule has 3 amide bonds. The summed E-state index contributed by atoms with van der Waals surface area (Å²) in [7, 11) is 1.40. The Hall–Kier alpha value is -2.48. The summed E-state index contributed by atoms with van der Waals surface area (Å²) in [5, 5.41) is 8.37. The number of fused-ring (bicyclic) bond motifs is 1. The number of benzene rings is 1. The van der Waals surface area contributed by atoms with Gasteiger partial charge in [-0.2, -0.15) is 0 Å². The highest BCUT2D eigenvalue weighted by atomic mass is 35.5. The number of carbonyl (C=O) groups is 2. The number of halogens is 1. The van der Waals surface area contributed by atoms with Crippen molar-refractivity contribution in [2.45, 2.75) is 38.3 Å². The number of nitrogens with zero attached hydrogens (tertiary/aromatic N) is 3. The zero-order valence-electron chi connectivity index (χ0n) is 16.4. The van der Waals surface area contributed by atoms with E-state index in [1.165, 1.54) is 7.11 Å². The first-order valence-electron chi connectivity index (χ1n) is 9.96. The summed E-state index contributed by atoms with van der Waals surface area (Å²) in [6.45, 7) is 2.21. The van der Waals surface area contributed by atoms with Gasteiger partial charge in [0.1, 0.15) is 5.52 Å². The van der Waals surface area contributed by atoms with Crippen molar-refractivity contribution in [1.29, 1.82) is 0 Å². The van der Waals surface area contributed by atoms with Gasteiger partial charge < -0.3 is 24.4 Å². The second-order valence-corrected chi connectivity index (χ2v) is 8.17. The van der Waals surface area contributed by atoms with E-state index in [4.69, 9.17) is 20.9 Å². The molecule has 0 radical (unpaired) electrons. The molecule has 1 aromatic carbocycles. The molecule has 1 atom stereocenters. The second kappa shape index (κ2) is 8.49. The van der Waals surface area contributed by atoms with Crippen molar-refractivity contribution in [3.8, 4) is 0 Å². The highest BCUT2D eigenvalue weighted by Gasteiger charge is 2.35. The first-order valence-corrected chi connectivity index (χ1v) is 10.3. The largest absolute Gasteiger partial charge is 0.453 e. The Morgan fingerprint density at radius 2 is 2.21 bits per heavy atom. The maximum absolute atomic E-state index is 12.9. The van der Waals surface area contributed by atoms with Gasteiger partial charge in [0.25, 0.3) is 0 Å². The standard InChI is InChI=1S/C20H25ClN4O4/c1-28-20(27)24-8-2-3-13(11-24)12-25(15-5-6-15)19(26)22-10-18-16-9-14(21)4-7-17(16)23-29-18/h4,7,9,13,15H,2-3,5-6,8,10-12H2,1H3,(H,22,26). The Bertz CT molecular complexity index is 898. The van der Waals surface area contributed by atoms with Crippen LogP contribution in [-0.4, -0.2) is 59.9 Å². The van der Waals surface area contributed by atoms with Gasteiger partial charge in [-0.1, -0.05) is 16.8 Å². The van der Waals surface area contributed by atoms with E-state index in [2.05, 4.69) is 10.5 Å². The van der Waals surface area contributed by atoms with E-state index in [-0.39, 0.29) is 30.6 Å². The van der Waals surface area contributed by atoms with Gasteiger partial charge in [0, 0.05) is 36.1 Å². The molecule has 1 saturated heterocycles. The van der Waals surface area contributed by atoms with Gasteiger partial charge in [0.2, 0.25) is 0 Å². The smallest absolute Gasteiger partial charge is 0.409 e. The van der Waals surface area contributed by atoms with E-state index in [1.807, 2.05) is 4.90 Å². The Morgan fingerprint density at radius 1 is 1.38 bits per heavy atom. The minimum Gasteiger partial charge on any atom is -0.453 e. The van der Waals surface area contributed by atoms with Crippen molar-refractivity contribution < 1.29 is 18.8 Å². The van der Waals surface area contributed by atoms with Crippen molar-refractivity contribution in [1.82, 2.24) is 20.3 Å². The normalized spacial score (nSPS) is 19.2. The topological polar surface area (TPSA) is 87.9 Å². The van der Waals surface area contributed by atoms with E-state index in [0.29, 0.717) is 35.9 Å². The van der Waals surface area contributed by atoms with Crippen molar-refractivity contribution in [2.24, 2.45) is 5.92 Å². The van der Waals surface area contributed by atoms with Gasteiger partial charge in [-0.05, 0) is 49.8 Å². The number of carbonyl (C=O) groups excluding carboxylic acids is 2. The maximum atomic E-state index is 12.9. The lowest BCUT2D eigenvalue weighted by Crippen LogP contribution is -2.48. The molecule has 8 nitrogen and oxygen atoms in total. The molecule has 1 N–H and O–H groups in total. The molecule has 1 aromatic heterocycles. The average Bonchev–Trinajstić information content (AvgIpc) is 3.50. The molecule has 4 rings (SSSR count). The lowest BCUT2D eigenvalue weighted by molar-refractivity contribution is 0.0939. The molecule has 1 aliphatic carbocycles. The molecule has 156 valence electrons. The van der Waals surface area contributed by atoms with Crippen LogP contribution in [0.1, 0.15) is 31.4 Å². The number of methoxy groups -OCH3 is 1. The first-order chi connectivity index (χ1) is 14.0. The fourth-order valence-corrected chi connectivity index (χ4v) is 4.09. The first kappa shape index (κ1) is 19.8. The number of amides is 3. The molecule has 2 heterocycles. The molecule has 29 heavy (non-hydrogen) atoms. The fourth-order valence-electron chi connectivity index (χ4n) is 3.92. The lowest BCUT2D eigenvalue weighted by atomic mass is 9.97. The number of rotatable bonds is 5. The number of urea groups is 1. The van der Waals surface area contributed by atoms with Crippen LogP contribution in [0, 0.1) is 5.92 Å². The molecule has 1 saturated carbocycles. The predicted octanol–water partition coefficient (Wildman–Crippen LogP) is 3.63. The SMILES string of the molecule is COC(=O)N1CCCC(CN(C(=O)NCc2onc3ccc(Cl)cc23)C2CC2)C1. The van der Waals surface area contributed by atoms with Crippen LogP contribution in [0.5, 0.6) is 0 Å². The molecule has 2 aliphatic rings. The number of likely N-dealkylation sites (tertiary alicyclic amines) is 1. The van der Waals surface area contributed by atoms with Crippen molar-refractivity contribution >= 4 is 34.6 Å². The number of aromatic nitrogens is 1. The summed E-state index contributed by atoms with van der Waals surface area (Å²) in [4.78, 5) is 28.3. The van der Waals surface area contributed by atoms with E-state index < -0.39 is 0 Å². The number of nitrogens with one attached hydrogen (secondary N) is 1. The van der Waals surface area contributed by atoms with Gasteiger partial charge in [0.05, 0.1) is 13.7 Å². The second-order valence-electron chi connectivity index (χ2n) is 7.73. The van der Waals surface area contributed by atoms with E-state index in [1.54, 1.807) is 23.1 Å². The van der Waals surface area contributed by atoms with Crippen LogP contribution in [0.4, 0.5) is 9.59 Å². The summed E-state index contributed by atoms with van der Waals surface area (Å²) >= 11 is 6.06. The highest BCUT2D eigenvalue weighted by molar-refractivity contribution is 6.31. The fraction of sp³-hybridized carbons (Fsp3) is 0.550. The average molecular weight is 421 g/mol. The van der Waals surface area contributed by atoms with Crippen molar-refractivity contribution in [2.75, 3.05) is 26.7 Å². The molecular weight excluding hydrogens is 396 g/mol. The van der Waals surface area contributed by atoms with Gasteiger partial charge in [0.15, 0.2) is 5.76 Å². The summed E-state index contributed by atoms with van der Waals surface area (Å²) in [5.41, 5.74) is 0.711. The van der Waals surface area contributed by atoms with Crippen LogP contribution in [-0.2, 0) is 11.3 Å². The van der Waals surface area contributed by atoms with Crippen LogP contribution < -0.4 is 5.32 Å². The Labute approximate surface area is 174 Å². The summed E-state index contributed by atoms with van der Waals surface area (Å²) in [6, 6.07) is 5.49. The Balaban J connectivity index is 1.37. The zero-order valence-corrected chi connectivity index (χ0v) is 17.2. The molecule has 0 spiro atoms. The Morgan fingerprint density at radius 3 is 2.97 bits per heavy atom. The predicted molar refractivity (Wildman–Crippen MR) is 108 cm³/mol. The number of ether oxygens (including phenoxy) is 1. The van der Waals surface area contributed by atoms with Crippen molar-refractivity contribution in [3.05, 3.63) is 29.0 Å². The molecule has 2 fully saturated rings. The van der Waals surface area contributed by atoms with Crippen LogP contribution in [0.3, 0.4) is 0 Å². The number of piperidine rings is 1. The number of hydrogen-bond acceptors (Lipinski definition) is 5. The van der Waals surface area contributed by atoms with Gasteiger partial charge >= 0.3 is 12.1 Å². The third-order valence-electron chi connectivity index (χ3n) is 5.57. The minimum absolute atomic E-state index is 0.116. The van der Waals surface area contributed by atoms with Crippen LogP contribution in [0.15, 0.2) is 22.7 Å². The van der Waals surface area contributed by atoms with Gasteiger partial charge in [-0.3, -0.25) is 0 Å². The van der Waals surface area contributed by atoms with Gasteiger partial charge in [-0.25, -0.2) is 9.59 Å². The quantitative estimate of drug-likeness (QED) is 0.797. The molecule has 2 aromatic rings. The zero-order chi connectivity index (χ0) is 20.4. The summed E-state index contributed by atoms with van der Waals surface area (Å²) in [6.07, 6.45) is 3.65. The minimum atomic E-state index is -0.298.